The Hall–Kier alpha value is -1.73. The molecule has 0 aliphatic heterocycles. The van der Waals surface area contributed by atoms with Gasteiger partial charge in [-0.3, -0.25) is 4.79 Å². The molecule has 3 aromatic heterocycles. The predicted molar refractivity (Wildman–Crippen MR) is 86.3 cm³/mol. The quantitative estimate of drug-likeness (QED) is 0.744. The van der Waals surface area contributed by atoms with Gasteiger partial charge in [-0.05, 0) is 34.8 Å². The van der Waals surface area contributed by atoms with Gasteiger partial charge in [-0.15, -0.1) is 11.3 Å². The van der Waals surface area contributed by atoms with E-state index in [1.807, 2.05) is 17.6 Å². The molecule has 0 atom stereocenters. The third-order valence-corrected chi connectivity index (χ3v) is 4.65. The van der Waals surface area contributed by atoms with Gasteiger partial charge in [-0.1, -0.05) is 0 Å². The van der Waals surface area contributed by atoms with Crippen molar-refractivity contribution in [1.29, 1.82) is 0 Å². The minimum atomic E-state index is 0.0826. The van der Waals surface area contributed by atoms with Crippen LogP contribution in [-0.4, -0.2) is 20.9 Å². The molecule has 0 radical (unpaired) electrons. The minimum Gasteiger partial charge on any atom is -0.345 e. The van der Waals surface area contributed by atoms with Gasteiger partial charge >= 0.3 is 0 Å². The molecule has 0 unspecified atom stereocenters. The number of carbonyl (C=O) groups is 1. The van der Waals surface area contributed by atoms with Crippen molar-refractivity contribution in [3.8, 4) is 11.3 Å². The van der Waals surface area contributed by atoms with Crippen molar-refractivity contribution in [3.63, 3.8) is 0 Å². The van der Waals surface area contributed by atoms with Gasteiger partial charge in [0.1, 0.15) is 5.65 Å². The highest BCUT2D eigenvalue weighted by molar-refractivity contribution is 9.10. The van der Waals surface area contributed by atoms with Crippen LogP contribution in [0.1, 0.15) is 12.8 Å². The maximum absolute atomic E-state index is 11.8. The number of hydrogen-bond acceptors (Lipinski definition) is 4. The first-order valence-electron chi connectivity index (χ1n) is 6.60. The second-order valence-corrected chi connectivity index (χ2v) is 6.83. The number of nitrogens with zero attached hydrogens (tertiary/aromatic N) is 2. The van der Waals surface area contributed by atoms with Crippen LogP contribution < -0.4 is 5.32 Å². The summed E-state index contributed by atoms with van der Waals surface area (Å²) in [4.78, 5) is 23.7. The summed E-state index contributed by atoms with van der Waals surface area (Å²) in [6.45, 7) is 0. The fourth-order valence-electron chi connectivity index (χ4n) is 2.20. The van der Waals surface area contributed by atoms with E-state index >= 15 is 0 Å². The molecule has 2 N–H and O–H groups in total. The Kier molecular flexibility index (Phi) is 3.04. The lowest BCUT2D eigenvalue weighted by molar-refractivity contribution is -0.117. The van der Waals surface area contributed by atoms with Crippen molar-refractivity contribution in [2.24, 2.45) is 5.92 Å². The van der Waals surface area contributed by atoms with E-state index in [9.17, 15) is 4.79 Å². The predicted octanol–water partition coefficient (Wildman–Crippen LogP) is 3.80. The largest absolute Gasteiger partial charge is 0.345 e. The number of rotatable bonds is 3. The molecule has 3 aromatic rings. The van der Waals surface area contributed by atoms with Crippen LogP contribution in [0.2, 0.25) is 0 Å². The molecular formula is C14H11BrN4OS. The van der Waals surface area contributed by atoms with Crippen molar-refractivity contribution in [3.05, 3.63) is 28.3 Å². The Bertz CT molecular complexity index is 836. The second kappa shape index (κ2) is 4.92. The molecule has 106 valence electrons. The van der Waals surface area contributed by atoms with E-state index in [1.54, 1.807) is 6.20 Å². The molecule has 3 heterocycles. The summed E-state index contributed by atoms with van der Waals surface area (Å²) in [5, 5.41) is 6.49. The molecule has 1 amide bonds. The zero-order valence-corrected chi connectivity index (χ0v) is 13.3. The molecule has 1 fully saturated rings. The van der Waals surface area contributed by atoms with Crippen molar-refractivity contribution in [2.75, 3.05) is 5.32 Å². The Balaban J connectivity index is 1.67. The molecule has 0 bridgehead atoms. The van der Waals surface area contributed by atoms with Crippen LogP contribution in [-0.2, 0) is 4.79 Å². The van der Waals surface area contributed by atoms with Gasteiger partial charge < -0.3 is 10.3 Å². The van der Waals surface area contributed by atoms with E-state index < -0.39 is 0 Å². The lowest BCUT2D eigenvalue weighted by Gasteiger charge is -1.98. The zero-order valence-electron chi connectivity index (χ0n) is 10.9. The molecular weight excluding hydrogens is 352 g/mol. The monoisotopic (exact) mass is 362 g/mol. The maximum Gasteiger partial charge on any atom is 0.229 e. The molecule has 1 aliphatic rings. The van der Waals surface area contributed by atoms with E-state index in [4.69, 9.17) is 0 Å². The third kappa shape index (κ3) is 2.47. The summed E-state index contributed by atoms with van der Waals surface area (Å²) < 4.78 is 0.924. The van der Waals surface area contributed by atoms with Crippen molar-refractivity contribution in [2.45, 2.75) is 12.8 Å². The Morgan fingerprint density at radius 2 is 2.33 bits per heavy atom. The van der Waals surface area contributed by atoms with Crippen molar-refractivity contribution >= 4 is 49.3 Å². The van der Waals surface area contributed by atoms with Gasteiger partial charge in [0.15, 0.2) is 5.13 Å². The molecule has 7 heteroatoms. The lowest BCUT2D eigenvalue weighted by atomic mass is 10.2. The van der Waals surface area contributed by atoms with Gasteiger partial charge in [0.05, 0.1) is 5.69 Å². The molecule has 0 aromatic carbocycles. The van der Waals surface area contributed by atoms with Gasteiger partial charge in [0, 0.05) is 39.1 Å². The SMILES string of the molecule is O=C(Nc1nc(-c2c[nH]c3ncc(Br)cc23)cs1)C1CC1. The number of halogens is 1. The van der Waals surface area contributed by atoms with Crippen LogP contribution in [0.5, 0.6) is 0 Å². The maximum atomic E-state index is 11.8. The number of pyridine rings is 1. The standard InChI is InChI=1S/C14H11BrN4OS/c15-8-3-9-10(5-17-12(9)16-4-8)11-6-21-14(18-11)19-13(20)7-1-2-7/h3-7H,1-2H2,(H,16,17)(H,18,19,20). The first-order valence-corrected chi connectivity index (χ1v) is 8.27. The summed E-state index contributed by atoms with van der Waals surface area (Å²) in [7, 11) is 0. The number of fused-ring (bicyclic) bond motifs is 1. The van der Waals surface area contributed by atoms with Gasteiger partial charge in [-0.2, -0.15) is 0 Å². The number of carbonyl (C=O) groups excluding carboxylic acids is 1. The Labute approximate surface area is 132 Å². The van der Waals surface area contributed by atoms with Gasteiger partial charge in [0.2, 0.25) is 5.91 Å². The normalized spacial score (nSPS) is 14.5. The van der Waals surface area contributed by atoms with E-state index in [2.05, 4.69) is 36.2 Å². The average Bonchev–Trinajstić information content (AvgIpc) is 3.10. The summed E-state index contributed by atoms with van der Waals surface area (Å²) in [5.74, 6) is 0.268. The summed E-state index contributed by atoms with van der Waals surface area (Å²) in [6.07, 6.45) is 5.63. The van der Waals surface area contributed by atoms with Crippen LogP contribution in [0.15, 0.2) is 28.3 Å². The van der Waals surface area contributed by atoms with Crippen LogP contribution in [0, 0.1) is 5.92 Å². The number of amides is 1. The number of nitrogens with one attached hydrogen (secondary N) is 2. The van der Waals surface area contributed by atoms with Crippen LogP contribution in [0.3, 0.4) is 0 Å². The summed E-state index contributed by atoms with van der Waals surface area (Å²) in [5.41, 5.74) is 2.66. The number of aromatic amines is 1. The first-order chi connectivity index (χ1) is 10.2. The van der Waals surface area contributed by atoms with Crippen molar-refractivity contribution in [1.82, 2.24) is 15.0 Å². The number of aromatic nitrogens is 3. The third-order valence-electron chi connectivity index (χ3n) is 3.46. The number of thiazole rings is 1. The average molecular weight is 363 g/mol. The zero-order chi connectivity index (χ0) is 14.4. The second-order valence-electron chi connectivity index (χ2n) is 5.05. The Morgan fingerprint density at radius 3 is 3.14 bits per heavy atom. The van der Waals surface area contributed by atoms with E-state index in [0.717, 1.165) is 39.6 Å². The fourth-order valence-corrected chi connectivity index (χ4v) is 3.24. The van der Waals surface area contributed by atoms with Gasteiger partial charge in [-0.25, -0.2) is 9.97 Å². The highest BCUT2D eigenvalue weighted by atomic mass is 79.9. The smallest absolute Gasteiger partial charge is 0.229 e. The topological polar surface area (TPSA) is 70.7 Å². The highest BCUT2D eigenvalue weighted by Gasteiger charge is 2.30. The molecule has 0 saturated heterocycles. The van der Waals surface area contributed by atoms with Crippen LogP contribution >= 0.6 is 27.3 Å². The lowest BCUT2D eigenvalue weighted by Crippen LogP contribution is -2.12. The number of H-pyrrole nitrogens is 1. The number of hydrogen-bond donors (Lipinski definition) is 2. The van der Waals surface area contributed by atoms with Crippen LogP contribution in [0.4, 0.5) is 5.13 Å². The van der Waals surface area contributed by atoms with Crippen molar-refractivity contribution < 1.29 is 4.79 Å². The van der Waals surface area contributed by atoms with Crippen LogP contribution in [0.25, 0.3) is 22.3 Å². The summed E-state index contributed by atoms with van der Waals surface area (Å²) in [6, 6.07) is 2.01. The van der Waals surface area contributed by atoms with Gasteiger partial charge in [0.25, 0.3) is 0 Å². The molecule has 1 aliphatic carbocycles. The van der Waals surface area contributed by atoms with E-state index in [0.29, 0.717) is 5.13 Å². The van der Waals surface area contributed by atoms with E-state index in [1.165, 1.54) is 11.3 Å². The molecule has 4 rings (SSSR count). The highest BCUT2D eigenvalue weighted by Crippen LogP contribution is 2.33. The fraction of sp³-hybridized carbons (Fsp3) is 0.214. The molecule has 0 spiro atoms. The molecule has 1 saturated carbocycles. The molecule has 5 nitrogen and oxygen atoms in total. The number of anilines is 1. The Morgan fingerprint density at radius 1 is 1.48 bits per heavy atom. The first kappa shape index (κ1) is 13.0. The molecule has 21 heavy (non-hydrogen) atoms. The summed E-state index contributed by atoms with van der Waals surface area (Å²) >= 11 is 4.88. The minimum absolute atomic E-state index is 0.0826. The van der Waals surface area contributed by atoms with E-state index in [-0.39, 0.29) is 11.8 Å².